The molecule has 0 aromatic heterocycles. The lowest BCUT2D eigenvalue weighted by Gasteiger charge is -2.06. The van der Waals surface area contributed by atoms with E-state index in [0.717, 1.165) is 6.42 Å². The Bertz CT molecular complexity index is 318. The quantitative estimate of drug-likeness (QED) is 0.693. The molecule has 1 fully saturated rings. The van der Waals surface area contributed by atoms with Crippen molar-refractivity contribution in [2.45, 2.75) is 33.6 Å². The lowest BCUT2D eigenvalue weighted by atomic mass is 10.1. The van der Waals surface area contributed by atoms with Gasteiger partial charge in [-0.2, -0.15) is 0 Å². The lowest BCUT2D eigenvalue weighted by molar-refractivity contribution is -0.135. The molecule has 0 saturated heterocycles. The molecule has 0 aromatic rings. The number of aliphatic carboxylic acids is 1. The molecule has 1 saturated carbocycles. The molecule has 84 valence electrons. The van der Waals surface area contributed by atoms with E-state index in [1.807, 2.05) is 20.8 Å². The van der Waals surface area contributed by atoms with E-state index in [1.54, 1.807) is 0 Å². The summed E-state index contributed by atoms with van der Waals surface area (Å²) in [4.78, 5) is 22.3. The zero-order valence-electron chi connectivity index (χ0n) is 9.33. The van der Waals surface area contributed by atoms with E-state index in [0.29, 0.717) is 6.42 Å². The van der Waals surface area contributed by atoms with E-state index in [4.69, 9.17) is 5.11 Å². The van der Waals surface area contributed by atoms with Crippen molar-refractivity contribution in [3.8, 4) is 0 Å². The SMILES string of the molecule is CC/C=C(\NC(=O)C1CC1(C)C)C(=O)O. The first kappa shape index (κ1) is 11.8. The number of nitrogens with one attached hydrogen (secondary N) is 1. The zero-order valence-corrected chi connectivity index (χ0v) is 9.33. The summed E-state index contributed by atoms with van der Waals surface area (Å²) < 4.78 is 0. The van der Waals surface area contributed by atoms with Crippen LogP contribution in [0.2, 0.25) is 0 Å². The number of amides is 1. The summed E-state index contributed by atoms with van der Waals surface area (Å²) >= 11 is 0. The summed E-state index contributed by atoms with van der Waals surface area (Å²) in [5.74, 6) is -1.30. The Morgan fingerprint density at radius 2 is 2.07 bits per heavy atom. The molecule has 0 radical (unpaired) electrons. The molecule has 0 bridgehead atoms. The Labute approximate surface area is 89.4 Å². The molecule has 0 aliphatic heterocycles. The summed E-state index contributed by atoms with van der Waals surface area (Å²) in [5, 5.41) is 11.3. The Balaban J connectivity index is 2.57. The van der Waals surface area contributed by atoms with Crippen LogP contribution in [0.15, 0.2) is 11.8 Å². The number of rotatable bonds is 4. The van der Waals surface area contributed by atoms with Crippen LogP contribution in [0.4, 0.5) is 0 Å². The van der Waals surface area contributed by atoms with Crippen LogP contribution in [0.5, 0.6) is 0 Å². The molecular formula is C11H17NO3. The second kappa shape index (κ2) is 4.04. The standard InChI is InChI=1S/C11H17NO3/c1-4-5-8(10(14)15)12-9(13)7-6-11(7,2)3/h5,7H,4,6H2,1-3H3,(H,12,13)(H,14,15)/b8-5-. The van der Waals surface area contributed by atoms with Crippen LogP contribution in [-0.2, 0) is 9.59 Å². The van der Waals surface area contributed by atoms with Gasteiger partial charge in [0.05, 0.1) is 0 Å². The average Bonchev–Trinajstić information content (AvgIpc) is 2.74. The number of carbonyl (C=O) groups is 2. The first-order chi connectivity index (χ1) is 6.88. The Morgan fingerprint density at radius 3 is 2.40 bits per heavy atom. The van der Waals surface area contributed by atoms with E-state index in [-0.39, 0.29) is 22.9 Å². The minimum Gasteiger partial charge on any atom is -0.477 e. The molecule has 1 amide bonds. The van der Waals surface area contributed by atoms with Crippen molar-refractivity contribution in [2.75, 3.05) is 0 Å². The van der Waals surface area contributed by atoms with Gasteiger partial charge in [-0.15, -0.1) is 0 Å². The highest BCUT2D eigenvalue weighted by Gasteiger charge is 2.50. The normalized spacial score (nSPS) is 23.4. The number of carboxylic acid groups (broad SMARTS) is 1. The fourth-order valence-corrected chi connectivity index (χ4v) is 1.53. The van der Waals surface area contributed by atoms with Crippen LogP contribution < -0.4 is 5.32 Å². The first-order valence-corrected chi connectivity index (χ1v) is 5.13. The average molecular weight is 211 g/mol. The van der Waals surface area contributed by atoms with Crippen LogP contribution in [0.25, 0.3) is 0 Å². The fraction of sp³-hybridized carbons (Fsp3) is 0.636. The summed E-state index contributed by atoms with van der Waals surface area (Å²) in [7, 11) is 0. The topological polar surface area (TPSA) is 66.4 Å². The third-order valence-corrected chi connectivity index (χ3v) is 2.73. The maximum absolute atomic E-state index is 11.6. The second-order valence-corrected chi connectivity index (χ2v) is 4.57. The molecule has 4 nitrogen and oxygen atoms in total. The van der Waals surface area contributed by atoms with E-state index < -0.39 is 5.97 Å². The van der Waals surface area contributed by atoms with Gasteiger partial charge in [-0.05, 0) is 18.3 Å². The molecule has 1 rings (SSSR count). The third kappa shape index (κ3) is 2.81. The zero-order chi connectivity index (χ0) is 11.6. The first-order valence-electron chi connectivity index (χ1n) is 5.13. The number of carbonyl (C=O) groups excluding carboxylic acids is 1. The van der Waals surface area contributed by atoms with Gasteiger partial charge in [-0.25, -0.2) is 4.79 Å². The van der Waals surface area contributed by atoms with Crippen LogP contribution in [0, 0.1) is 11.3 Å². The second-order valence-electron chi connectivity index (χ2n) is 4.57. The van der Waals surface area contributed by atoms with Gasteiger partial charge in [-0.1, -0.05) is 26.8 Å². The van der Waals surface area contributed by atoms with Gasteiger partial charge in [0.15, 0.2) is 0 Å². The highest BCUT2D eigenvalue weighted by molar-refractivity contribution is 5.94. The van der Waals surface area contributed by atoms with Gasteiger partial charge in [0.1, 0.15) is 5.70 Å². The minimum atomic E-state index is -1.08. The van der Waals surface area contributed by atoms with E-state index in [9.17, 15) is 9.59 Å². The molecule has 0 spiro atoms. The highest BCUT2D eigenvalue weighted by Crippen LogP contribution is 2.51. The van der Waals surface area contributed by atoms with Gasteiger partial charge in [0, 0.05) is 5.92 Å². The van der Waals surface area contributed by atoms with Crippen molar-refractivity contribution in [3.05, 3.63) is 11.8 Å². The van der Waals surface area contributed by atoms with Gasteiger partial charge in [0.2, 0.25) is 5.91 Å². The summed E-state index contributed by atoms with van der Waals surface area (Å²) in [6, 6.07) is 0. The number of hydrogen-bond acceptors (Lipinski definition) is 2. The van der Waals surface area contributed by atoms with Gasteiger partial charge in [0.25, 0.3) is 0 Å². The highest BCUT2D eigenvalue weighted by atomic mass is 16.4. The Hall–Kier alpha value is -1.32. The molecule has 1 aliphatic carbocycles. The summed E-state index contributed by atoms with van der Waals surface area (Å²) in [6.07, 6.45) is 2.93. The van der Waals surface area contributed by atoms with Gasteiger partial charge in [-0.3, -0.25) is 4.79 Å². The Kier molecular flexibility index (Phi) is 3.17. The van der Waals surface area contributed by atoms with E-state index in [1.165, 1.54) is 6.08 Å². The predicted molar refractivity (Wildman–Crippen MR) is 56.0 cm³/mol. The predicted octanol–water partition coefficient (Wildman–Crippen LogP) is 1.53. The van der Waals surface area contributed by atoms with Gasteiger partial charge >= 0.3 is 5.97 Å². The van der Waals surface area contributed by atoms with Crippen molar-refractivity contribution >= 4 is 11.9 Å². The molecule has 15 heavy (non-hydrogen) atoms. The Morgan fingerprint density at radius 1 is 1.53 bits per heavy atom. The smallest absolute Gasteiger partial charge is 0.352 e. The van der Waals surface area contributed by atoms with Crippen molar-refractivity contribution in [1.82, 2.24) is 5.32 Å². The third-order valence-electron chi connectivity index (χ3n) is 2.73. The van der Waals surface area contributed by atoms with E-state index >= 15 is 0 Å². The monoisotopic (exact) mass is 211 g/mol. The largest absolute Gasteiger partial charge is 0.477 e. The summed E-state index contributed by atoms with van der Waals surface area (Å²) in [5.41, 5.74) is 0.0186. The summed E-state index contributed by atoms with van der Waals surface area (Å²) in [6.45, 7) is 5.83. The van der Waals surface area contributed by atoms with Crippen LogP contribution >= 0.6 is 0 Å². The molecule has 1 aliphatic rings. The van der Waals surface area contributed by atoms with Crippen molar-refractivity contribution < 1.29 is 14.7 Å². The molecule has 2 N–H and O–H groups in total. The van der Waals surface area contributed by atoms with Crippen LogP contribution in [-0.4, -0.2) is 17.0 Å². The van der Waals surface area contributed by atoms with E-state index in [2.05, 4.69) is 5.32 Å². The van der Waals surface area contributed by atoms with Crippen LogP contribution in [0.3, 0.4) is 0 Å². The van der Waals surface area contributed by atoms with Gasteiger partial charge < -0.3 is 10.4 Å². The molecule has 0 aromatic carbocycles. The molecular weight excluding hydrogens is 194 g/mol. The number of carboxylic acids is 1. The molecule has 1 unspecified atom stereocenters. The van der Waals surface area contributed by atoms with Crippen molar-refractivity contribution in [2.24, 2.45) is 11.3 Å². The maximum Gasteiger partial charge on any atom is 0.352 e. The van der Waals surface area contributed by atoms with Crippen LogP contribution in [0.1, 0.15) is 33.6 Å². The van der Waals surface area contributed by atoms with Crippen molar-refractivity contribution in [1.29, 1.82) is 0 Å². The lowest BCUT2D eigenvalue weighted by Crippen LogP contribution is -2.29. The number of hydrogen-bond donors (Lipinski definition) is 2. The molecule has 1 atom stereocenters. The molecule has 0 heterocycles. The maximum atomic E-state index is 11.6. The fourth-order valence-electron chi connectivity index (χ4n) is 1.53. The minimum absolute atomic E-state index is 0.00907. The molecule has 4 heteroatoms. The van der Waals surface area contributed by atoms with Crippen molar-refractivity contribution in [3.63, 3.8) is 0 Å². The number of allylic oxidation sites excluding steroid dienone is 1.